The Labute approximate surface area is 124 Å². The molecule has 3 nitrogen and oxygen atoms in total. The maximum Gasteiger partial charge on any atom is 0.122 e. The second-order valence-corrected chi connectivity index (χ2v) is 7.35. The van der Waals surface area contributed by atoms with Gasteiger partial charge in [0.15, 0.2) is 0 Å². The predicted molar refractivity (Wildman–Crippen MR) is 85.6 cm³/mol. The van der Waals surface area contributed by atoms with E-state index in [1.807, 2.05) is 0 Å². The van der Waals surface area contributed by atoms with Crippen LogP contribution in [0.15, 0.2) is 16.7 Å². The highest BCUT2D eigenvalue weighted by atomic mass is 16.3. The van der Waals surface area contributed by atoms with Gasteiger partial charge >= 0.3 is 0 Å². The highest BCUT2D eigenvalue weighted by Gasteiger charge is 2.24. The van der Waals surface area contributed by atoms with Crippen LogP contribution in [0.5, 0.6) is 0 Å². The SMILES string of the molecule is CC(C)CNCc1occc1CN(C)C(C)C(C)(C)C. The minimum Gasteiger partial charge on any atom is -0.468 e. The molecule has 116 valence electrons. The molecule has 1 atom stereocenters. The fourth-order valence-electron chi connectivity index (χ4n) is 2.20. The van der Waals surface area contributed by atoms with E-state index in [1.165, 1.54) is 5.56 Å². The quantitative estimate of drug-likeness (QED) is 0.821. The van der Waals surface area contributed by atoms with Gasteiger partial charge in [0.25, 0.3) is 0 Å². The van der Waals surface area contributed by atoms with Gasteiger partial charge in [-0.25, -0.2) is 0 Å². The zero-order chi connectivity index (χ0) is 15.3. The summed E-state index contributed by atoms with van der Waals surface area (Å²) in [5, 5.41) is 3.45. The topological polar surface area (TPSA) is 28.4 Å². The molecular formula is C17H32N2O. The first-order valence-corrected chi connectivity index (χ1v) is 7.68. The molecule has 0 radical (unpaired) electrons. The summed E-state index contributed by atoms with van der Waals surface area (Å²) in [5.74, 6) is 1.73. The largest absolute Gasteiger partial charge is 0.468 e. The van der Waals surface area contributed by atoms with E-state index in [9.17, 15) is 0 Å². The van der Waals surface area contributed by atoms with E-state index in [2.05, 4.69) is 64.9 Å². The lowest BCUT2D eigenvalue weighted by Crippen LogP contribution is -2.38. The van der Waals surface area contributed by atoms with Crippen LogP contribution in [0.2, 0.25) is 0 Å². The van der Waals surface area contributed by atoms with Gasteiger partial charge in [-0.1, -0.05) is 34.6 Å². The van der Waals surface area contributed by atoms with Crippen molar-refractivity contribution in [2.45, 2.75) is 60.7 Å². The molecule has 1 rings (SSSR count). The molecule has 3 heteroatoms. The molecular weight excluding hydrogens is 248 g/mol. The summed E-state index contributed by atoms with van der Waals surface area (Å²) in [6.07, 6.45) is 1.80. The Morgan fingerprint density at radius 2 is 1.90 bits per heavy atom. The van der Waals surface area contributed by atoms with E-state index >= 15 is 0 Å². The molecule has 0 saturated carbocycles. The highest BCUT2D eigenvalue weighted by Crippen LogP contribution is 2.25. The van der Waals surface area contributed by atoms with Gasteiger partial charge in [0.2, 0.25) is 0 Å². The molecule has 1 N–H and O–H groups in total. The number of nitrogens with one attached hydrogen (secondary N) is 1. The maximum absolute atomic E-state index is 5.62. The first-order chi connectivity index (χ1) is 9.21. The molecule has 0 aliphatic rings. The summed E-state index contributed by atoms with van der Waals surface area (Å²) in [4.78, 5) is 2.40. The Balaban J connectivity index is 2.58. The zero-order valence-corrected chi connectivity index (χ0v) is 14.3. The van der Waals surface area contributed by atoms with Gasteiger partial charge in [-0.3, -0.25) is 4.90 Å². The van der Waals surface area contributed by atoms with Crippen molar-refractivity contribution in [3.05, 3.63) is 23.7 Å². The van der Waals surface area contributed by atoms with Gasteiger partial charge in [0.1, 0.15) is 5.76 Å². The van der Waals surface area contributed by atoms with E-state index in [0.29, 0.717) is 12.0 Å². The van der Waals surface area contributed by atoms with Crippen molar-refractivity contribution in [1.82, 2.24) is 10.2 Å². The van der Waals surface area contributed by atoms with Crippen LogP contribution in [0, 0.1) is 11.3 Å². The van der Waals surface area contributed by atoms with Gasteiger partial charge in [0.05, 0.1) is 12.8 Å². The number of rotatable bonds is 7. The molecule has 0 aromatic carbocycles. The average molecular weight is 280 g/mol. The van der Waals surface area contributed by atoms with E-state index in [-0.39, 0.29) is 5.41 Å². The van der Waals surface area contributed by atoms with E-state index in [0.717, 1.165) is 25.4 Å². The van der Waals surface area contributed by atoms with E-state index in [1.54, 1.807) is 6.26 Å². The minimum absolute atomic E-state index is 0.286. The molecule has 20 heavy (non-hydrogen) atoms. The molecule has 1 aromatic rings. The Hall–Kier alpha value is -0.800. The summed E-state index contributed by atoms with van der Waals surface area (Å²) in [5.41, 5.74) is 1.58. The molecule has 1 unspecified atom stereocenters. The number of furan rings is 1. The third kappa shape index (κ3) is 5.29. The maximum atomic E-state index is 5.62. The molecule has 1 aromatic heterocycles. The Kier molecular flexibility index (Phi) is 6.28. The summed E-state index contributed by atoms with van der Waals surface area (Å²) in [7, 11) is 2.19. The van der Waals surface area contributed by atoms with Crippen molar-refractivity contribution in [1.29, 1.82) is 0 Å². The standard InChI is InChI=1S/C17H32N2O/c1-13(2)10-18-11-16-15(8-9-20-16)12-19(7)14(3)17(4,5)6/h8-9,13-14,18H,10-12H2,1-7H3. The fraction of sp³-hybridized carbons (Fsp3) is 0.765. The lowest BCUT2D eigenvalue weighted by atomic mass is 9.87. The molecule has 0 spiro atoms. The third-order valence-electron chi connectivity index (χ3n) is 4.01. The second kappa shape index (κ2) is 7.28. The molecule has 0 aliphatic carbocycles. The summed E-state index contributed by atoms with van der Waals surface area (Å²) >= 11 is 0. The fourth-order valence-corrected chi connectivity index (χ4v) is 2.20. The van der Waals surface area contributed by atoms with Crippen LogP contribution in [0.4, 0.5) is 0 Å². The number of hydrogen-bond acceptors (Lipinski definition) is 3. The van der Waals surface area contributed by atoms with Crippen LogP contribution < -0.4 is 5.32 Å². The van der Waals surface area contributed by atoms with Crippen LogP contribution in [-0.2, 0) is 13.1 Å². The molecule has 1 heterocycles. The Morgan fingerprint density at radius 3 is 2.45 bits per heavy atom. The summed E-state index contributed by atoms with van der Waals surface area (Å²) in [6.45, 7) is 16.4. The Morgan fingerprint density at radius 1 is 1.25 bits per heavy atom. The van der Waals surface area contributed by atoms with Gasteiger partial charge in [0, 0.05) is 18.2 Å². The normalized spacial score (nSPS) is 14.2. The third-order valence-corrected chi connectivity index (χ3v) is 4.01. The van der Waals surface area contributed by atoms with Gasteiger partial charge < -0.3 is 9.73 Å². The van der Waals surface area contributed by atoms with Crippen molar-refractivity contribution in [3.63, 3.8) is 0 Å². The van der Waals surface area contributed by atoms with Crippen LogP contribution in [0.3, 0.4) is 0 Å². The summed E-state index contributed by atoms with van der Waals surface area (Å²) < 4.78 is 5.62. The van der Waals surface area contributed by atoms with E-state index in [4.69, 9.17) is 4.42 Å². The minimum atomic E-state index is 0.286. The average Bonchev–Trinajstić information content (AvgIpc) is 2.74. The number of nitrogens with zero attached hydrogens (tertiary/aromatic N) is 1. The van der Waals surface area contributed by atoms with Crippen LogP contribution >= 0.6 is 0 Å². The molecule has 0 bridgehead atoms. The van der Waals surface area contributed by atoms with Crippen molar-refractivity contribution in [3.8, 4) is 0 Å². The van der Waals surface area contributed by atoms with Crippen molar-refractivity contribution in [2.75, 3.05) is 13.6 Å². The number of hydrogen-bond donors (Lipinski definition) is 1. The van der Waals surface area contributed by atoms with Crippen molar-refractivity contribution >= 4 is 0 Å². The molecule has 0 amide bonds. The van der Waals surface area contributed by atoms with Gasteiger partial charge in [-0.15, -0.1) is 0 Å². The van der Waals surface area contributed by atoms with Crippen LogP contribution in [0.1, 0.15) is 52.9 Å². The Bertz CT molecular complexity index is 390. The van der Waals surface area contributed by atoms with Crippen molar-refractivity contribution < 1.29 is 4.42 Å². The molecule has 0 fully saturated rings. The smallest absolute Gasteiger partial charge is 0.122 e. The molecule has 0 aliphatic heterocycles. The lowest BCUT2D eigenvalue weighted by Gasteiger charge is -2.35. The predicted octanol–water partition coefficient (Wildman–Crippen LogP) is 3.89. The monoisotopic (exact) mass is 280 g/mol. The van der Waals surface area contributed by atoms with Crippen LogP contribution in [-0.4, -0.2) is 24.5 Å². The summed E-state index contributed by atoms with van der Waals surface area (Å²) in [6, 6.07) is 2.62. The van der Waals surface area contributed by atoms with Crippen molar-refractivity contribution in [2.24, 2.45) is 11.3 Å². The molecule has 0 saturated heterocycles. The van der Waals surface area contributed by atoms with Crippen LogP contribution in [0.25, 0.3) is 0 Å². The zero-order valence-electron chi connectivity index (χ0n) is 14.3. The first kappa shape index (κ1) is 17.3. The van der Waals surface area contributed by atoms with Gasteiger partial charge in [-0.05, 0) is 37.9 Å². The second-order valence-electron chi connectivity index (χ2n) is 7.35. The first-order valence-electron chi connectivity index (χ1n) is 7.68. The van der Waals surface area contributed by atoms with Gasteiger partial charge in [-0.2, -0.15) is 0 Å². The van der Waals surface area contributed by atoms with E-state index < -0.39 is 0 Å². The lowest BCUT2D eigenvalue weighted by molar-refractivity contribution is 0.134. The highest BCUT2D eigenvalue weighted by molar-refractivity contribution is 5.17.